The fourth-order valence-corrected chi connectivity index (χ4v) is 5.88. The van der Waals surface area contributed by atoms with Crippen LogP contribution in [0.1, 0.15) is 43.5 Å². The summed E-state index contributed by atoms with van der Waals surface area (Å²) in [7, 11) is -2.56. The van der Waals surface area contributed by atoms with Gasteiger partial charge in [-0.15, -0.1) is 0 Å². The highest BCUT2D eigenvalue weighted by Gasteiger charge is 2.34. The number of halogens is 2. The third kappa shape index (κ3) is 5.80. The normalized spacial score (nSPS) is 17.6. The first-order chi connectivity index (χ1) is 16.0. The fraction of sp³-hybridized carbons (Fsp3) is 0.409. The van der Waals surface area contributed by atoms with E-state index in [2.05, 4.69) is 10.3 Å². The smallest absolute Gasteiger partial charge is 0.338 e. The summed E-state index contributed by atoms with van der Waals surface area (Å²) in [4.78, 5) is 29.0. The van der Waals surface area contributed by atoms with E-state index in [-0.39, 0.29) is 33.1 Å². The lowest BCUT2D eigenvalue weighted by Gasteiger charge is -2.32. The maximum absolute atomic E-state index is 13.3. The largest absolute Gasteiger partial charge is 0.495 e. The number of methoxy groups -OCH3 is 1. The van der Waals surface area contributed by atoms with Gasteiger partial charge in [0.25, 0.3) is 5.91 Å². The van der Waals surface area contributed by atoms with Gasteiger partial charge in [-0.2, -0.15) is 4.31 Å². The van der Waals surface area contributed by atoms with Gasteiger partial charge < -0.3 is 14.8 Å². The van der Waals surface area contributed by atoms with Crippen LogP contribution in [0.15, 0.2) is 35.4 Å². The average Bonchev–Trinajstić information content (AvgIpc) is 2.80. The van der Waals surface area contributed by atoms with Crippen LogP contribution in [0.3, 0.4) is 0 Å². The van der Waals surface area contributed by atoms with Gasteiger partial charge in [-0.25, -0.2) is 18.2 Å². The Hall–Kier alpha value is -2.40. The van der Waals surface area contributed by atoms with E-state index in [0.717, 1.165) is 19.3 Å². The number of hydrogen-bond acceptors (Lipinski definition) is 7. The first kappa shape index (κ1) is 26.2. The second-order valence-electron chi connectivity index (χ2n) is 7.85. The van der Waals surface area contributed by atoms with Crippen molar-refractivity contribution in [1.82, 2.24) is 9.29 Å². The zero-order valence-corrected chi connectivity index (χ0v) is 21.2. The summed E-state index contributed by atoms with van der Waals surface area (Å²) in [6.45, 7) is 3.61. The summed E-state index contributed by atoms with van der Waals surface area (Å²) in [5.41, 5.74) is -0.0358. The van der Waals surface area contributed by atoms with Crippen LogP contribution in [0.25, 0.3) is 0 Å². The zero-order valence-electron chi connectivity index (χ0n) is 18.9. The number of rotatable bonds is 7. The van der Waals surface area contributed by atoms with E-state index in [1.165, 1.54) is 48.8 Å². The monoisotopic (exact) mass is 529 g/mol. The molecule has 1 amide bonds. The lowest BCUT2D eigenvalue weighted by atomic mass is 10.1. The summed E-state index contributed by atoms with van der Waals surface area (Å²) < 4.78 is 38.6. The molecule has 2 unspecified atom stereocenters. The summed E-state index contributed by atoms with van der Waals surface area (Å²) in [5.74, 6) is -1.37. The second-order valence-corrected chi connectivity index (χ2v) is 10.5. The Morgan fingerprint density at radius 2 is 1.97 bits per heavy atom. The Labute approximate surface area is 208 Å². The van der Waals surface area contributed by atoms with Crippen molar-refractivity contribution in [1.29, 1.82) is 0 Å². The number of sulfonamides is 1. The number of aromatic nitrogens is 1. The van der Waals surface area contributed by atoms with Crippen molar-refractivity contribution < 1.29 is 27.5 Å². The quantitative estimate of drug-likeness (QED) is 0.535. The molecule has 2 atom stereocenters. The van der Waals surface area contributed by atoms with Crippen molar-refractivity contribution in [2.45, 2.75) is 50.2 Å². The number of ether oxygens (including phenoxy) is 2. The third-order valence-corrected chi connectivity index (χ3v) is 7.96. The number of amides is 1. The number of esters is 1. The molecule has 2 aromatic rings. The number of hydrogen-bond donors (Lipinski definition) is 1. The van der Waals surface area contributed by atoms with Crippen LogP contribution in [0.2, 0.25) is 10.0 Å². The molecule has 1 aliphatic rings. The molecule has 0 radical (unpaired) electrons. The molecule has 9 nitrogen and oxygen atoms in total. The lowest BCUT2D eigenvalue weighted by molar-refractivity contribution is -0.123. The van der Waals surface area contributed by atoms with Gasteiger partial charge in [0, 0.05) is 18.8 Å². The first-order valence-electron chi connectivity index (χ1n) is 10.6. The summed E-state index contributed by atoms with van der Waals surface area (Å²) in [5, 5.41) is 2.87. The highest BCUT2D eigenvalue weighted by Crippen LogP contribution is 2.32. The van der Waals surface area contributed by atoms with Gasteiger partial charge in [0.2, 0.25) is 10.0 Å². The number of pyridine rings is 1. The Balaban J connectivity index is 1.79. The number of benzene rings is 1. The minimum atomic E-state index is -3.92. The van der Waals surface area contributed by atoms with Crippen molar-refractivity contribution in [3.05, 3.63) is 46.1 Å². The molecule has 1 aromatic carbocycles. The van der Waals surface area contributed by atoms with Crippen molar-refractivity contribution in [3.63, 3.8) is 0 Å². The SMILES string of the molecule is COc1ccc(C(=O)OC(C)C(=O)Nc2ncc(Cl)cc2Cl)cc1S(=O)(=O)N1CCCCC1C. The summed E-state index contributed by atoms with van der Waals surface area (Å²) in [6, 6.07) is 5.21. The Bertz CT molecular complexity index is 1190. The molecule has 2 heterocycles. The number of nitrogens with one attached hydrogen (secondary N) is 1. The topological polar surface area (TPSA) is 115 Å². The number of piperidine rings is 1. The standard InChI is InChI=1S/C22H25Cl2N3O6S/c1-13-6-4-5-9-27(13)34(30,31)19-10-15(7-8-18(19)32-3)22(29)33-14(2)21(28)26-20-17(24)11-16(23)12-25-20/h7-8,10-14H,4-6,9H2,1-3H3,(H,25,26,28). The molecule has 1 aliphatic heterocycles. The molecule has 12 heteroatoms. The molecule has 1 fully saturated rings. The van der Waals surface area contributed by atoms with Crippen LogP contribution in [0.4, 0.5) is 5.82 Å². The molecule has 0 spiro atoms. The minimum absolute atomic E-state index is 0.0358. The molecule has 34 heavy (non-hydrogen) atoms. The maximum Gasteiger partial charge on any atom is 0.338 e. The van der Waals surface area contributed by atoms with Crippen LogP contribution in [-0.4, -0.2) is 55.4 Å². The van der Waals surface area contributed by atoms with Gasteiger partial charge >= 0.3 is 5.97 Å². The van der Waals surface area contributed by atoms with Gasteiger partial charge in [-0.1, -0.05) is 29.6 Å². The zero-order chi connectivity index (χ0) is 25.0. The molecule has 0 saturated carbocycles. The van der Waals surface area contributed by atoms with Crippen LogP contribution < -0.4 is 10.1 Å². The molecule has 3 rings (SSSR count). The predicted molar refractivity (Wildman–Crippen MR) is 128 cm³/mol. The van der Waals surface area contributed by atoms with Crippen molar-refractivity contribution in [2.75, 3.05) is 19.0 Å². The van der Waals surface area contributed by atoms with Crippen LogP contribution in [-0.2, 0) is 19.6 Å². The number of anilines is 1. The molecule has 1 aromatic heterocycles. The predicted octanol–water partition coefficient (Wildman–Crippen LogP) is 4.14. The molecular formula is C22H25Cl2N3O6S. The second kappa shape index (κ2) is 10.9. The third-order valence-electron chi connectivity index (χ3n) is 5.43. The van der Waals surface area contributed by atoms with Crippen LogP contribution in [0, 0.1) is 0 Å². The Morgan fingerprint density at radius 3 is 2.62 bits per heavy atom. The van der Waals surface area contributed by atoms with Crippen LogP contribution in [0.5, 0.6) is 5.75 Å². The van der Waals surface area contributed by atoms with Crippen molar-refractivity contribution >= 4 is 50.9 Å². The number of nitrogens with zero attached hydrogens (tertiary/aromatic N) is 2. The summed E-state index contributed by atoms with van der Waals surface area (Å²) in [6.07, 6.45) is 2.55. The highest BCUT2D eigenvalue weighted by molar-refractivity contribution is 7.89. The molecule has 184 valence electrons. The molecule has 1 N–H and O–H groups in total. The van der Waals surface area contributed by atoms with Gasteiger partial charge in [0.15, 0.2) is 11.9 Å². The fourth-order valence-electron chi connectivity index (χ4n) is 3.57. The lowest BCUT2D eigenvalue weighted by Crippen LogP contribution is -2.42. The van der Waals surface area contributed by atoms with E-state index in [1.54, 1.807) is 0 Å². The van der Waals surface area contributed by atoms with Crippen molar-refractivity contribution in [2.24, 2.45) is 0 Å². The highest BCUT2D eigenvalue weighted by atomic mass is 35.5. The first-order valence-corrected chi connectivity index (χ1v) is 12.8. The van der Waals surface area contributed by atoms with E-state index >= 15 is 0 Å². The van der Waals surface area contributed by atoms with E-state index in [9.17, 15) is 18.0 Å². The minimum Gasteiger partial charge on any atom is -0.495 e. The number of carbonyl (C=O) groups excluding carboxylic acids is 2. The Morgan fingerprint density at radius 1 is 1.24 bits per heavy atom. The average molecular weight is 530 g/mol. The van der Waals surface area contributed by atoms with E-state index in [0.29, 0.717) is 11.6 Å². The van der Waals surface area contributed by atoms with Gasteiger partial charge in [-0.3, -0.25) is 4.79 Å². The van der Waals surface area contributed by atoms with E-state index in [1.807, 2.05) is 6.92 Å². The van der Waals surface area contributed by atoms with Crippen molar-refractivity contribution in [3.8, 4) is 5.75 Å². The number of carbonyl (C=O) groups is 2. The van der Waals surface area contributed by atoms with Gasteiger partial charge in [0.1, 0.15) is 10.6 Å². The van der Waals surface area contributed by atoms with Crippen LogP contribution >= 0.6 is 23.2 Å². The van der Waals surface area contributed by atoms with E-state index in [4.69, 9.17) is 32.7 Å². The molecule has 0 bridgehead atoms. The van der Waals surface area contributed by atoms with E-state index < -0.39 is 28.0 Å². The molecular weight excluding hydrogens is 505 g/mol. The van der Waals surface area contributed by atoms with Gasteiger partial charge in [-0.05, 0) is 51.0 Å². The molecule has 1 saturated heterocycles. The Kier molecular flexibility index (Phi) is 8.40. The molecule has 0 aliphatic carbocycles. The van der Waals surface area contributed by atoms with Gasteiger partial charge in [0.05, 0.1) is 22.7 Å². The maximum atomic E-state index is 13.3. The summed E-state index contributed by atoms with van der Waals surface area (Å²) >= 11 is 11.8.